The van der Waals surface area contributed by atoms with Gasteiger partial charge in [-0.05, 0) is 30.3 Å². The summed E-state index contributed by atoms with van der Waals surface area (Å²) in [5, 5.41) is 2.64. The molecule has 0 heterocycles. The molecule has 102 valence electrons. The lowest BCUT2D eigenvalue weighted by Gasteiger charge is -2.09. The molecule has 0 radical (unpaired) electrons. The zero-order chi connectivity index (χ0) is 14.7. The van der Waals surface area contributed by atoms with E-state index >= 15 is 0 Å². The molecule has 2 aromatic carbocycles. The Hall–Kier alpha value is -2.40. The van der Waals surface area contributed by atoms with Crippen LogP contribution in [0.5, 0.6) is 0 Å². The highest BCUT2D eigenvalue weighted by atomic mass is 35.5. The van der Waals surface area contributed by atoms with Crippen molar-refractivity contribution < 1.29 is 14.0 Å². The van der Waals surface area contributed by atoms with E-state index in [9.17, 15) is 14.0 Å². The highest BCUT2D eigenvalue weighted by Gasteiger charge is 2.15. The van der Waals surface area contributed by atoms with Gasteiger partial charge in [-0.3, -0.25) is 9.59 Å². The summed E-state index contributed by atoms with van der Waals surface area (Å²) < 4.78 is 13.6. The van der Waals surface area contributed by atoms with Crippen molar-refractivity contribution in [2.24, 2.45) is 5.73 Å². The number of carbonyl (C=O) groups is 2. The van der Waals surface area contributed by atoms with Crippen LogP contribution in [0.3, 0.4) is 0 Å². The number of halogens is 2. The van der Waals surface area contributed by atoms with Gasteiger partial charge in [0, 0.05) is 5.02 Å². The summed E-state index contributed by atoms with van der Waals surface area (Å²) in [4.78, 5) is 23.2. The molecule has 6 heteroatoms. The van der Waals surface area contributed by atoms with Gasteiger partial charge in [0.25, 0.3) is 11.8 Å². The normalized spacial score (nSPS) is 10.1. The number of rotatable bonds is 3. The fraction of sp³-hybridized carbons (Fsp3) is 0. The molecule has 0 aliphatic heterocycles. The second kappa shape index (κ2) is 5.71. The number of benzene rings is 2. The minimum absolute atomic E-state index is 0.148. The van der Waals surface area contributed by atoms with Gasteiger partial charge >= 0.3 is 0 Å². The minimum Gasteiger partial charge on any atom is -0.366 e. The van der Waals surface area contributed by atoms with E-state index in [1.807, 2.05) is 0 Å². The molecular weight excluding hydrogens is 283 g/mol. The number of amides is 2. The van der Waals surface area contributed by atoms with Gasteiger partial charge in [-0.2, -0.15) is 0 Å². The van der Waals surface area contributed by atoms with Gasteiger partial charge in [-0.1, -0.05) is 23.7 Å². The molecule has 0 spiro atoms. The molecule has 0 atom stereocenters. The van der Waals surface area contributed by atoms with Gasteiger partial charge < -0.3 is 11.1 Å². The fourth-order valence-corrected chi connectivity index (χ4v) is 1.83. The van der Waals surface area contributed by atoms with Crippen LogP contribution in [0, 0.1) is 5.82 Å². The maximum atomic E-state index is 13.6. The summed E-state index contributed by atoms with van der Waals surface area (Å²) in [5.41, 5.74) is 5.39. The van der Waals surface area contributed by atoms with Crippen LogP contribution in [-0.4, -0.2) is 11.8 Å². The van der Waals surface area contributed by atoms with Crippen LogP contribution in [0.25, 0.3) is 0 Å². The highest BCUT2D eigenvalue weighted by molar-refractivity contribution is 6.30. The molecule has 0 saturated carbocycles. The molecule has 0 unspecified atom stereocenters. The zero-order valence-electron chi connectivity index (χ0n) is 10.2. The van der Waals surface area contributed by atoms with Crippen molar-refractivity contribution in [2.75, 3.05) is 5.32 Å². The predicted molar refractivity (Wildman–Crippen MR) is 74.3 cm³/mol. The summed E-state index contributed by atoms with van der Waals surface area (Å²) in [6.45, 7) is 0. The lowest BCUT2D eigenvalue weighted by atomic mass is 10.1. The number of para-hydroxylation sites is 1. The molecular formula is C14H10ClFN2O2. The second-order valence-corrected chi connectivity index (χ2v) is 4.42. The molecule has 2 amide bonds. The Morgan fingerprint density at radius 1 is 1.10 bits per heavy atom. The monoisotopic (exact) mass is 292 g/mol. The molecule has 0 aliphatic carbocycles. The van der Waals surface area contributed by atoms with Crippen LogP contribution in [0.15, 0.2) is 42.5 Å². The Morgan fingerprint density at radius 3 is 2.45 bits per heavy atom. The molecule has 0 bridgehead atoms. The largest absolute Gasteiger partial charge is 0.366 e. The standard InChI is InChI=1S/C14H10ClFN2O2/c15-8-5-6-9(11(16)7-8)14(20)18-12-4-2-1-3-10(12)13(17)19/h1-7H,(H2,17,19)(H,18,20). The molecule has 2 rings (SSSR count). The number of carbonyl (C=O) groups excluding carboxylic acids is 2. The molecule has 0 fully saturated rings. The van der Waals surface area contributed by atoms with Gasteiger partial charge in [0.05, 0.1) is 16.8 Å². The van der Waals surface area contributed by atoms with Crippen LogP contribution >= 0.6 is 11.6 Å². The number of nitrogens with one attached hydrogen (secondary N) is 1. The van der Waals surface area contributed by atoms with Crippen LogP contribution < -0.4 is 11.1 Å². The summed E-state index contributed by atoms with van der Waals surface area (Å²) in [5.74, 6) is -2.11. The summed E-state index contributed by atoms with van der Waals surface area (Å²) >= 11 is 5.62. The molecule has 0 aromatic heterocycles. The third kappa shape index (κ3) is 2.95. The Bertz CT molecular complexity index is 689. The van der Waals surface area contributed by atoms with E-state index < -0.39 is 17.6 Å². The quantitative estimate of drug-likeness (QED) is 0.913. The van der Waals surface area contributed by atoms with Crippen molar-refractivity contribution in [3.63, 3.8) is 0 Å². The number of hydrogen-bond donors (Lipinski definition) is 2. The Labute approximate surface area is 119 Å². The van der Waals surface area contributed by atoms with Crippen molar-refractivity contribution >= 4 is 29.1 Å². The van der Waals surface area contributed by atoms with E-state index in [-0.39, 0.29) is 21.8 Å². The molecule has 0 saturated heterocycles. The molecule has 20 heavy (non-hydrogen) atoms. The molecule has 3 N–H and O–H groups in total. The maximum absolute atomic E-state index is 13.6. The molecule has 4 nitrogen and oxygen atoms in total. The average molecular weight is 293 g/mol. The van der Waals surface area contributed by atoms with Gasteiger partial charge in [0.15, 0.2) is 0 Å². The van der Waals surface area contributed by atoms with Crippen molar-refractivity contribution in [1.82, 2.24) is 0 Å². The number of anilines is 1. The average Bonchev–Trinajstić information content (AvgIpc) is 2.38. The first-order chi connectivity index (χ1) is 9.49. The Kier molecular flexibility index (Phi) is 4.00. The van der Waals surface area contributed by atoms with E-state index in [4.69, 9.17) is 17.3 Å². The van der Waals surface area contributed by atoms with Gasteiger partial charge in [-0.15, -0.1) is 0 Å². The predicted octanol–water partition coefficient (Wildman–Crippen LogP) is 2.83. The van der Waals surface area contributed by atoms with E-state index in [2.05, 4.69) is 5.32 Å². The summed E-state index contributed by atoms with van der Waals surface area (Å²) in [7, 11) is 0. The van der Waals surface area contributed by atoms with Crippen LogP contribution in [-0.2, 0) is 0 Å². The van der Waals surface area contributed by atoms with Crippen LogP contribution in [0.2, 0.25) is 5.02 Å². The van der Waals surface area contributed by atoms with Gasteiger partial charge in [0.1, 0.15) is 5.82 Å². The number of hydrogen-bond acceptors (Lipinski definition) is 2. The summed E-state index contributed by atoms with van der Waals surface area (Å²) in [6.07, 6.45) is 0. The third-order valence-electron chi connectivity index (χ3n) is 2.62. The van der Waals surface area contributed by atoms with Crippen molar-refractivity contribution in [2.45, 2.75) is 0 Å². The Balaban J connectivity index is 2.30. The minimum atomic E-state index is -0.744. The smallest absolute Gasteiger partial charge is 0.258 e. The second-order valence-electron chi connectivity index (χ2n) is 3.99. The van der Waals surface area contributed by atoms with Crippen molar-refractivity contribution in [1.29, 1.82) is 0 Å². The van der Waals surface area contributed by atoms with Gasteiger partial charge in [0.2, 0.25) is 0 Å². The van der Waals surface area contributed by atoms with E-state index in [0.29, 0.717) is 0 Å². The maximum Gasteiger partial charge on any atom is 0.258 e. The lowest BCUT2D eigenvalue weighted by Crippen LogP contribution is -2.19. The first-order valence-electron chi connectivity index (χ1n) is 5.64. The zero-order valence-corrected chi connectivity index (χ0v) is 10.9. The van der Waals surface area contributed by atoms with Gasteiger partial charge in [-0.25, -0.2) is 4.39 Å². The van der Waals surface area contributed by atoms with Crippen molar-refractivity contribution in [3.8, 4) is 0 Å². The fourth-order valence-electron chi connectivity index (χ4n) is 1.67. The van der Waals surface area contributed by atoms with Crippen LogP contribution in [0.4, 0.5) is 10.1 Å². The SMILES string of the molecule is NC(=O)c1ccccc1NC(=O)c1ccc(Cl)cc1F. The van der Waals surface area contributed by atoms with E-state index in [1.54, 1.807) is 12.1 Å². The van der Waals surface area contributed by atoms with E-state index in [1.165, 1.54) is 24.3 Å². The topological polar surface area (TPSA) is 72.2 Å². The third-order valence-corrected chi connectivity index (χ3v) is 2.85. The van der Waals surface area contributed by atoms with Crippen molar-refractivity contribution in [3.05, 3.63) is 64.4 Å². The first-order valence-corrected chi connectivity index (χ1v) is 6.02. The molecule has 0 aliphatic rings. The lowest BCUT2D eigenvalue weighted by molar-refractivity contribution is 0.100. The first kappa shape index (κ1) is 14.0. The van der Waals surface area contributed by atoms with E-state index in [0.717, 1.165) is 6.07 Å². The molecule has 2 aromatic rings. The highest BCUT2D eigenvalue weighted by Crippen LogP contribution is 2.18. The summed E-state index contributed by atoms with van der Waals surface area (Å²) in [6, 6.07) is 9.91. The van der Waals surface area contributed by atoms with Crippen LogP contribution in [0.1, 0.15) is 20.7 Å². The number of primary amides is 1. The number of nitrogens with two attached hydrogens (primary N) is 1. The Morgan fingerprint density at radius 2 is 1.80 bits per heavy atom.